The first-order valence-corrected chi connectivity index (χ1v) is 12.5. The lowest BCUT2D eigenvalue weighted by atomic mass is 10.1. The molecular formula is C28H24ClN3OS. The number of para-hydroxylation sites is 2. The number of carbonyl (C=O) groups is 1. The first kappa shape index (κ1) is 22.5. The van der Waals surface area contributed by atoms with Gasteiger partial charge >= 0.3 is 0 Å². The molecule has 0 N–H and O–H groups in total. The van der Waals surface area contributed by atoms with Crippen LogP contribution in [0.15, 0.2) is 95.0 Å². The molecule has 170 valence electrons. The smallest absolute Gasteiger partial charge is 0.266 e. The van der Waals surface area contributed by atoms with Crippen molar-refractivity contribution in [1.82, 2.24) is 9.47 Å². The lowest BCUT2D eigenvalue weighted by Crippen LogP contribution is -2.29. The van der Waals surface area contributed by atoms with Crippen LogP contribution in [0.5, 0.6) is 0 Å². The van der Waals surface area contributed by atoms with E-state index in [9.17, 15) is 4.79 Å². The largest absolute Gasteiger partial charge is 0.342 e. The van der Waals surface area contributed by atoms with Crippen LogP contribution in [-0.2, 0) is 11.3 Å². The molecule has 0 saturated carbocycles. The van der Waals surface area contributed by atoms with Crippen LogP contribution in [0.25, 0.3) is 17.0 Å². The second-order valence-electron chi connectivity index (χ2n) is 8.15. The normalized spacial score (nSPS) is 16.3. The van der Waals surface area contributed by atoms with Crippen molar-refractivity contribution in [3.8, 4) is 0 Å². The van der Waals surface area contributed by atoms with Crippen LogP contribution in [0.4, 0.5) is 5.69 Å². The zero-order valence-corrected chi connectivity index (χ0v) is 20.4. The van der Waals surface area contributed by atoms with Gasteiger partial charge in [-0.2, -0.15) is 0 Å². The van der Waals surface area contributed by atoms with Crippen molar-refractivity contribution in [3.63, 3.8) is 0 Å². The van der Waals surface area contributed by atoms with Crippen molar-refractivity contribution < 1.29 is 4.79 Å². The van der Waals surface area contributed by atoms with Gasteiger partial charge in [-0.05, 0) is 60.2 Å². The van der Waals surface area contributed by atoms with Crippen LogP contribution >= 0.6 is 23.4 Å². The van der Waals surface area contributed by atoms with E-state index >= 15 is 0 Å². The molecule has 0 bridgehead atoms. The third-order valence-electron chi connectivity index (χ3n) is 5.69. The molecule has 0 atom stereocenters. The Morgan fingerprint density at radius 2 is 1.71 bits per heavy atom. The zero-order valence-electron chi connectivity index (χ0n) is 18.8. The highest BCUT2D eigenvalue weighted by atomic mass is 35.5. The first-order chi connectivity index (χ1) is 16.6. The molecule has 1 saturated heterocycles. The lowest BCUT2D eigenvalue weighted by Gasteiger charge is -2.13. The van der Waals surface area contributed by atoms with Gasteiger partial charge < -0.3 is 4.57 Å². The Bertz CT molecular complexity index is 1390. The molecule has 1 fully saturated rings. The standard InChI is InChI=1S/C28H24ClN3OS/c1-2-16-32-27(33)26(34-28(32)30-23-8-4-3-5-9-23)17-21-19-31(25-11-7-6-10-24(21)25)18-20-12-14-22(29)15-13-20/h3-15,17,19H,2,16,18H2,1H3/b26-17+,30-28?. The van der Waals surface area contributed by atoms with Crippen LogP contribution in [0.3, 0.4) is 0 Å². The highest BCUT2D eigenvalue weighted by Crippen LogP contribution is 2.36. The van der Waals surface area contributed by atoms with E-state index in [1.54, 1.807) is 4.90 Å². The fourth-order valence-electron chi connectivity index (χ4n) is 4.07. The topological polar surface area (TPSA) is 37.6 Å². The summed E-state index contributed by atoms with van der Waals surface area (Å²) < 4.78 is 2.22. The molecule has 4 aromatic rings. The second-order valence-corrected chi connectivity index (χ2v) is 9.60. The van der Waals surface area contributed by atoms with Gasteiger partial charge in [-0.15, -0.1) is 0 Å². The summed E-state index contributed by atoms with van der Waals surface area (Å²) in [5.74, 6) is 0.0102. The summed E-state index contributed by atoms with van der Waals surface area (Å²) in [6.07, 6.45) is 4.99. The van der Waals surface area contributed by atoms with Gasteiger partial charge in [0, 0.05) is 40.8 Å². The Hall–Kier alpha value is -3.28. The molecule has 6 heteroatoms. The fourth-order valence-corrected chi connectivity index (χ4v) is 5.22. The Morgan fingerprint density at radius 3 is 2.47 bits per heavy atom. The number of aliphatic imine (C=N–C) groups is 1. The maximum Gasteiger partial charge on any atom is 0.266 e. The highest BCUT2D eigenvalue weighted by molar-refractivity contribution is 8.18. The third-order valence-corrected chi connectivity index (χ3v) is 6.95. The molecule has 1 aromatic heterocycles. The number of aromatic nitrogens is 1. The Morgan fingerprint density at radius 1 is 0.971 bits per heavy atom. The molecule has 3 aromatic carbocycles. The second kappa shape index (κ2) is 9.92. The van der Waals surface area contributed by atoms with E-state index in [4.69, 9.17) is 16.6 Å². The highest BCUT2D eigenvalue weighted by Gasteiger charge is 2.33. The average molecular weight is 486 g/mol. The number of amides is 1. The third kappa shape index (κ3) is 4.67. The predicted molar refractivity (Wildman–Crippen MR) is 144 cm³/mol. The first-order valence-electron chi connectivity index (χ1n) is 11.3. The Balaban J connectivity index is 1.52. The number of carbonyl (C=O) groups excluding carboxylic acids is 1. The van der Waals surface area contributed by atoms with E-state index in [0.717, 1.165) is 45.3 Å². The van der Waals surface area contributed by atoms with Crippen LogP contribution < -0.4 is 0 Å². The summed E-state index contributed by atoms with van der Waals surface area (Å²) in [6.45, 7) is 3.45. The molecule has 1 aliphatic heterocycles. The summed E-state index contributed by atoms with van der Waals surface area (Å²) in [5, 5.41) is 2.58. The van der Waals surface area contributed by atoms with Gasteiger partial charge in [0.25, 0.3) is 5.91 Å². The van der Waals surface area contributed by atoms with Crippen molar-refractivity contribution in [1.29, 1.82) is 0 Å². The number of hydrogen-bond donors (Lipinski definition) is 0. The van der Waals surface area contributed by atoms with Crippen LogP contribution in [-0.4, -0.2) is 27.1 Å². The molecule has 2 heterocycles. The van der Waals surface area contributed by atoms with E-state index in [0.29, 0.717) is 11.4 Å². The average Bonchev–Trinajstić information content (AvgIpc) is 3.34. The van der Waals surface area contributed by atoms with Crippen molar-refractivity contribution in [2.24, 2.45) is 4.99 Å². The summed E-state index contributed by atoms with van der Waals surface area (Å²) >= 11 is 7.50. The molecule has 1 amide bonds. The monoisotopic (exact) mass is 485 g/mol. The number of halogens is 1. The summed E-state index contributed by atoms with van der Waals surface area (Å²) in [5.41, 5.74) is 4.17. The maximum atomic E-state index is 13.3. The van der Waals surface area contributed by atoms with E-state index in [2.05, 4.69) is 29.8 Å². The molecule has 4 nitrogen and oxygen atoms in total. The van der Waals surface area contributed by atoms with E-state index in [1.807, 2.05) is 72.8 Å². The summed E-state index contributed by atoms with van der Waals surface area (Å²) in [6, 6.07) is 26.0. The molecule has 0 unspecified atom stereocenters. The molecule has 0 spiro atoms. The van der Waals surface area contributed by atoms with Gasteiger partial charge in [0.2, 0.25) is 0 Å². The Labute approximate surface area is 208 Å². The van der Waals surface area contributed by atoms with E-state index in [-0.39, 0.29) is 5.91 Å². The molecule has 0 aliphatic carbocycles. The SMILES string of the molecule is CCCN1C(=O)/C(=C\c2cn(Cc3ccc(Cl)cc3)c3ccccc23)SC1=Nc1ccccc1. The molecule has 34 heavy (non-hydrogen) atoms. The number of amidine groups is 1. The van der Waals surface area contributed by atoms with Crippen molar-refractivity contribution in [2.75, 3.05) is 6.54 Å². The van der Waals surface area contributed by atoms with Gasteiger partial charge in [0.15, 0.2) is 5.17 Å². The van der Waals surface area contributed by atoms with Gasteiger partial charge in [0.1, 0.15) is 0 Å². The minimum atomic E-state index is 0.0102. The number of nitrogens with zero attached hydrogens (tertiary/aromatic N) is 3. The number of thioether (sulfide) groups is 1. The van der Waals surface area contributed by atoms with Gasteiger partial charge in [-0.3, -0.25) is 9.69 Å². The van der Waals surface area contributed by atoms with Gasteiger partial charge in [0.05, 0.1) is 10.6 Å². The van der Waals surface area contributed by atoms with Crippen LogP contribution in [0, 0.1) is 0 Å². The number of rotatable bonds is 6. The van der Waals surface area contributed by atoms with Crippen molar-refractivity contribution in [3.05, 3.63) is 106 Å². The van der Waals surface area contributed by atoms with Crippen molar-refractivity contribution >= 4 is 57.1 Å². The summed E-state index contributed by atoms with van der Waals surface area (Å²) in [4.78, 5) is 20.5. The van der Waals surface area contributed by atoms with Gasteiger partial charge in [-0.25, -0.2) is 4.99 Å². The minimum absolute atomic E-state index is 0.0102. The molecular weight excluding hydrogens is 462 g/mol. The van der Waals surface area contributed by atoms with Crippen LogP contribution in [0.1, 0.15) is 24.5 Å². The molecule has 0 radical (unpaired) electrons. The Kier molecular flexibility index (Phi) is 6.57. The number of benzene rings is 3. The summed E-state index contributed by atoms with van der Waals surface area (Å²) in [7, 11) is 0. The maximum absolute atomic E-state index is 13.3. The van der Waals surface area contributed by atoms with E-state index < -0.39 is 0 Å². The molecule has 1 aliphatic rings. The van der Waals surface area contributed by atoms with Crippen LogP contribution in [0.2, 0.25) is 5.02 Å². The minimum Gasteiger partial charge on any atom is -0.342 e. The lowest BCUT2D eigenvalue weighted by molar-refractivity contribution is -0.122. The fraction of sp³-hybridized carbons (Fsp3) is 0.143. The number of fused-ring (bicyclic) bond motifs is 1. The quantitative estimate of drug-likeness (QED) is 0.267. The van der Waals surface area contributed by atoms with Gasteiger partial charge in [-0.1, -0.05) is 67.1 Å². The zero-order chi connectivity index (χ0) is 23.5. The molecule has 5 rings (SSSR count). The van der Waals surface area contributed by atoms with Crippen molar-refractivity contribution in [2.45, 2.75) is 19.9 Å². The predicted octanol–water partition coefficient (Wildman–Crippen LogP) is 7.36. The number of hydrogen-bond acceptors (Lipinski definition) is 3. The van der Waals surface area contributed by atoms with E-state index in [1.165, 1.54) is 17.3 Å².